The number of aromatic nitrogens is 1. The number of amides is 3. The molecule has 0 saturated carbocycles. The molecule has 11 nitrogen and oxygen atoms in total. The van der Waals surface area contributed by atoms with Gasteiger partial charge in [-0.15, -0.1) is 0 Å². The smallest absolute Gasteiger partial charge is 0.429 e. The summed E-state index contributed by atoms with van der Waals surface area (Å²) in [7, 11) is 0. The summed E-state index contributed by atoms with van der Waals surface area (Å²) in [6.45, 7) is 5.16. The second-order valence-electron chi connectivity index (χ2n) is 6.16. The molecule has 2 rings (SSSR count). The van der Waals surface area contributed by atoms with Gasteiger partial charge in [0.05, 0.1) is 31.6 Å². The maximum Gasteiger partial charge on any atom is 0.429 e. The molecule has 3 amide bonds. The van der Waals surface area contributed by atoms with Crippen molar-refractivity contribution >= 4 is 18.1 Å². The molecule has 0 spiro atoms. The Morgan fingerprint density at radius 1 is 1.32 bits per heavy atom. The van der Waals surface area contributed by atoms with Gasteiger partial charge < -0.3 is 24.0 Å². The molecule has 1 atom stereocenters. The second-order valence-corrected chi connectivity index (χ2v) is 6.16. The van der Waals surface area contributed by atoms with Gasteiger partial charge >= 0.3 is 12.2 Å². The summed E-state index contributed by atoms with van der Waals surface area (Å²) < 4.78 is 14.9. The Balaban J connectivity index is 2.24. The number of aliphatic hydroxyl groups excluding tert-OH is 1. The fourth-order valence-electron chi connectivity index (χ4n) is 3.00. The van der Waals surface area contributed by atoms with E-state index in [4.69, 9.17) is 14.0 Å². The van der Waals surface area contributed by atoms with Gasteiger partial charge in [-0.3, -0.25) is 4.79 Å². The Morgan fingerprint density at radius 3 is 2.68 bits per heavy atom. The van der Waals surface area contributed by atoms with Crippen LogP contribution in [-0.2, 0) is 16.0 Å². The van der Waals surface area contributed by atoms with E-state index in [1.807, 2.05) is 0 Å². The molecule has 1 fully saturated rings. The maximum absolute atomic E-state index is 13.0. The van der Waals surface area contributed by atoms with E-state index in [1.165, 1.54) is 0 Å². The lowest BCUT2D eigenvalue weighted by Gasteiger charge is -2.24. The number of carbonyl (C=O) groups excluding carboxylic acids is 3. The first-order valence-electron chi connectivity index (χ1n) is 9.17. The van der Waals surface area contributed by atoms with Crippen molar-refractivity contribution in [3.05, 3.63) is 17.0 Å². The molecule has 28 heavy (non-hydrogen) atoms. The van der Waals surface area contributed by atoms with Crippen LogP contribution in [0.4, 0.5) is 9.59 Å². The minimum atomic E-state index is -0.848. The number of nitrogens with one attached hydrogen (secondary N) is 1. The third-order valence-electron chi connectivity index (χ3n) is 4.29. The van der Waals surface area contributed by atoms with Crippen molar-refractivity contribution < 1.29 is 33.5 Å². The molecule has 0 aromatic carbocycles. The van der Waals surface area contributed by atoms with Crippen molar-refractivity contribution in [3.8, 4) is 0 Å². The van der Waals surface area contributed by atoms with Crippen LogP contribution >= 0.6 is 0 Å². The molecule has 1 aromatic rings. The molecule has 1 unspecified atom stereocenters. The molecule has 1 saturated heterocycles. The van der Waals surface area contributed by atoms with Crippen LogP contribution in [-0.4, -0.2) is 70.7 Å². The minimum absolute atomic E-state index is 0.0903. The molecule has 0 aliphatic carbocycles. The fraction of sp³-hybridized carbons (Fsp3) is 0.647. The number of rotatable bonds is 6. The van der Waals surface area contributed by atoms with Gasteiger partial charge in [-0.1, -0.05) is 5.16 Å². The lowest BCUT2D eigenvalue weighted by molar-refractivity contribution is 0.0637. The van der Waals surface area contributed by atoms with E-state index in [1.54, 1.807) is 25.7 Å². The molecular formula is C17H26N4O7. The van der Waals surface area contributed by atoms with Crippen LogP contribution in [0.3, 0.4) is 0 Å². The molecule has 156 valence electrons. The molecule has 1 aliphatic heterocycles. The van der Waals surface area contributed by atoms with Gasteiger partial charge in [0, 0.05) is 6.54 Å². The van der Waals surface area contributed by atoms with Gasteiger partial charge in [0.2, 0.25) is 0 Å². The third kappa shape index (κ3) is 4.91. The van der Waals surface area contributed by atoms with Crippen LogP contribution in [0.25, 0.3) is 0 Å². The van der Waals surface area contributed by atoms with Gasteiger partial charge in [-0.05, 0) is 33.6 Å². The Morgan fingerprint density at radius 2 is 2.04 bits per heavy atom. The lowest BCUT2D eigenvalue weighted by Crippen LogP contribution is -2.46. The standard InChI is InChI=1S/C17H26N4O7/c1-4-26-16(24)18-21(17(25)27-5-2)9-13-14(11(3)19-28-13)15(23)20-8-6-7-12(20)10-22/h12,22H,4-10H2,1-3H3,(H,18,24). The third-order valence-corrected chi connectivity index (χ3v) is 4.29. The number of nitrogens with zero attached hydrogens (tertiary/aromatic N) is 3. The van der Waals surface area contributed by atoms with Crippen molar-refractivity contribution in [2.24, 2.45) is 0 Å². The zero-order valence-electron chi connectivity index (χ0n) is 16.3. The van der Waals surface area contributed by atoms with Crippen LogP contribution in [0.15, 0.2) is 4.52 Å². The quantitative estimate of drug-likeness (QED) is 0.683. The summed E-state index contributed by atoms with van der Waals surface area (Å²) in [5, 5.41) is 14.2. The topological polar surface area (TPSA) is 134 Å². The van der Waals surface area contributed by atoms with Crippen molar-refractivity contribution in [2.45, 2.75) is 46.2 Å². The predicted octanol–water partition coefficient (Wildman–Crippen LogP) is 1.20. The number of hydrazine groups is 1. The number of carbonyl (C=O) groups is 3. The van der Waals surface area contributed by atoms with Gasteiger partial charge in [0.15, 0.2) is 5.76 Å². The molecule has 2 heterocycles. The Labute approximate surface area is 162 Å². The lowest BCUT2D eigenvalue weighted by atomic mass is 10.1. The van der Waals surface area contributed by atoms with Crippen LogP contribution < -0.4 is 5.43 Å². The summed E-state index contributed by atoms with van der Waals surface area (Å²) in [4.78, 5) is 38.5. The summed E-state index contributed by atoms with van der Waals surface area (Å²) in [5.41, 5.74) is 2.81. The summed E-state index contributed by atoms with van der Waals surface area (Å²) in [5.74, 6) is -0.249. The van der Waals surface area contributed by atoms with E-state index in [-0.39, 0.29) is 49.6 Å². The Hall–Kier alpha value is -2.82. The maximum atomic E-state index is 13.0. The van der Waals surface area contributed by atoms with E-state index < -0.39 is 12.2 Å². The van der Waals surface area contributed by atoms with Gasteiger partial charge in [0.1, 0.15) is 12.1 Å². The number of ether oxygens (including phenoxy) is 2. The average Bonchev–Trinajstić information content (AvgIpc) is 3.27. The Bertz CT molecular complexity index is 706. The molecule has 0 radical (unpaired) electrons. The Kier molecular flexibility index (Phi) is 7.61. The largest absolute Gasteiger partial charge is 0.449 e. The molecule has 11 heteroatoms. The van der Waals surface area contributed by atoms with Crippen molar-refractivity contribution in [1.29, 1.82) is 0 Å². The predicted molar refractivity (Wildman–Crippen MR) is 95.1 cm³/mol. The summed E-state index contributed by atoms with van der Waals surface area (Å²) in [6, 6.07) is -0.270. The average molecular weight is 398 g/mol. The van der Waals surface area contributed by atoms with E-state index in [0.717, 1.165) is 11.4 Å². The molecule has 1 aromatic heterocycles. The van der Waals surface area contributed by atoms with Crippen molar-refractivity contribution in [2.75, 3.05) is 26.4 Å². The first kappa shape index (κ1) is 21.5. The van der Waals surface area contributed by atoms with Crippen LogP contribution in [0.2, 0.25) is 0 Å². The highest BCUT2D eigenvalue weighted by Gasteiger charge is 2.34. The molecular weight excluding hydrogens is 372 g/mol. The van der Waals surface area contributed by atoms with Crippen molar-refractivity contribution in [1.82, 2.24) is 20.5 Å². The van der Waals surface area contributed by atoms with E-state index in [9.17, 15) is 19.5 Å². The highest BCUT2D eigenvalue weighted by Crippen LogP contribution is 2.24. The van der Waals surface area contributed by atoms with Crippen LogP contribution in [0, 0.1) is 6.92 Å². The highest BCUT2D eigenvalue weighted by atomic mass is 16.6. The van der Waals surface area contributed by atoms with Crippen LogP contribution in [0.1, 0.15) is 48.5 Å². The zero-order chi connectivity index (χ0) is 20.7. The van der Waals surface area contributed by atoms with Crippen molar-refractivity contribution in [3.63, 3.8) is 0 Å². The number of aryl methyl sites for hydroxylation is 1. The molecule has 0 bridgehead atoms. The summed E-state index contributed by atoms with van der Waals surface area (Å²) >= 11 is 0. The molecule has 2 N–H and O–H groups in total. The summed E-state index contributed by atoms with van der Waals surface area (Å²) in [6.07, 6.45) is -0.186. The van der Waals surface area contributed by atoms with Gasteiger partial charge in [0.25, 0.3) is 5.91 Å². The first-order chi connectivity index (χ1) is 13.4. The zero-order valence-corrected chi connectivity index (χ0v) is 16.3. The fourth-order valence-corrected chi connectivity index (χ4v) is 3.00. The first-order valence-corrected chi connectivity index (χ1v) is 9.17. The SMILES string of the molecule is CCOC(=O)NN(Cc1onc(C)c1C(=O)N1CCCC1CO)C(=O)OCC. The monoisotopic (exact) mass is 398 g/mol. The number of hydrogen-bond acceptors (Lipinski definition) is 8. The van der Waals surface area contributed by atoms with Gasteiger partial charge in [-0.25, -0.2) is 20.0 Å². The second kappa shape index (κ2) is 9.93. The number of aliphatic hydroxyl groups is 1. The normalized spacial score (nSPS) is 16.0. The highest BCUT2D eigenvalue weighted by molar-refractivity contribution is 5.96. The number of likely N-dealkylation sites (tertiary alicyclic amines) is 1. The van der Waals surface area contributed by atoms with E-state index in [2.05, 4.69) is 10.6 Å². The van der Waals surface area contributed by atoms with E-state index in [0.29, 0.717) is 18.7 Å². The number of hydrogen-bond donors (Lipinski definition) is 2. The minimum Gasteiger partial charge on any atom is -0.449 e. The van der Waals surface area contributed by atoms with E-state index >= 15 is 0 Å². The van der Waals surface area contributed by atoms with Crippen LogP contribution in [0.5, 0.6) is 0 Å². The molecule has 1 aliphatic rings. The van der Waals surface area contributed by atoms with Gasteiger partial charge in [-0.2, -0.15) is 0 Å².